The zero-order valence-electron chi connectivity index (χ0n) is 14.4. The lowest BCUT2D eigenvalue weighted by molar-refractivity contribution is -0.124. The standard InChI is InChI=1S/C18H19ClFN3O3S/c19-14-5-7-15(8-6-14)27(25,26)23(12-13-4-9-17(20)22-11-13)16-3-1-2-10-21-18(16)24/h4-9,11,16H,1-3,10,12H2,(H,21,24). The van der Waals surface area contributed by atoms with Crippen LogP contribution in [0.4, 0.5) is 4.39 Å². The molecule has 0 radical (unpaired) electrons. The maximum Gasteiger partial charge on any atom is 0.244 e. The number of aromatic nitrogens is 1. The third-order valence-corrected chi connectivity index (χ3v) is 6.52. The maximum absolute atomic E-state index is 13.3. The summed E-state index contributed by atoms with van der Waals surface area (Å²) in [4.78, 5) is 16.1. The van der Waals surface area contributed by atoms with E-state index in [2.05, 4.69) is 10.3 Å². The maximum atomic E-state index is 13.3. The van der Waals surface area contributed by atoms with E-state index in [9.17, 15) is 17.6 Å². The Hall–Kier alpha value is -2.03. The van der Waals surface area contributed by atoms with Crippen LogP contribution < -0.4 is 5.32 Å². The first kappa shape index (κ1) is 19.7. The Labute approximate surface area is 162 Å². The Kier molecular flexibility index (Phi) is 6.08. The smallest absolute Gasteiger partial charge is 0.244 e. The zero-order valence-corrected chi connectivity index (χ0v) is 16.0. The molecule has 2 aromatic rings. The van der Waals surface area contributed by atoms with Crippen molar-refractivity contribution < 1.29 is 17.6 Å². The minimum atomic E-state index is -3.98. The molecule has 0 bridgehead atoms. The van der Waals surface area contributed by atoms with Crippen LogP contribution >= 0.6 is 11.6 Å². The van der Waals surface area contributed by atoms with E-state index in [1.54, 1.807) is 0 Å². The number of sulfonamides is 1. The van der Waals surface area contributed by atoms with Crippen LogP contribution in [0.25, 0.3) is 0 Å². The quantitative estimate of drug-likeness (QED) is 0.767. The topological polar surface area (TPSA) is 79.4 Å². The molecule has 27 heavy (non-hydrogen) atoms. The van der Waals surface area contributed by atoms with Gasteiger partial charge in [-0.3, -0.25) is 4.79 Å². The molecule has 1 N–H and O–H groups in total. The summed E-state index contributed by atoms with van der Waals surface area (Å²) in [6, 6.07) is 7.55. The van der Waals surface area contributed by atoms with Crippen LogP contribution in [0, 0.1) is 5.95 Å². The van der Waals surface area contributed by atoms with E-state index in [1.807, 2.05) is 0 Å². The van der Waals surface area contributed by atoms with Gasteiger partial charge < -0.3 is 5.32 Å². The van der Waals surface area contributed by atoms with Gasteiger partial charge in [0.1, 0.15) is 6.04 Å². The Bertz CT molecular complexity index is 904. The third-order valence-electron chi connectivity index (χ3n) is 4.40. The van der Waals surface area contributed by atoms with Crippen LogP contribution in [0.5, 0.6) is 0 Å². The lowest BCUT2D eigenvalue weighted by atomic mass is 10.1. The molecule has 1 amide bonds. The summed E-state index contributed by atoms with van der Waals surface area (Å²) in [7, 11) is -3.98. The summed E-state index contributed by atoms with van der Waals surface area (Å²) < 4.78 is 40.8. The Morgan fingerprint density at radius 1 is 1.19 bits per heavy atom. The second-order valence-electron chi connectivity index (χ2n) is 6.30. The highest BCUT2D eigenvalue weighted by Gasteiger charge is 2.36. The molecule has 6 nitrogen and oxygen atoms in total. The number of hydrogen-bond acceptors (Lipinski definition) is 4. The van der Waals surface area contributed by atoms with E-state index in [-0.39, 0.29) is 17.3 Å². The van der Waals surface area contributed by atoms with E-state index < -0.39 is 22.0 Å². The predicted molar refractivity (Wildman–Crippen MR) is 99.0 cm³/mol. The molecule has 0 saturated carbocycles. The second kappa shape index (κ2) is 8.33. The van der Waals surface area contributed by atoms with Gasteiger partial charge in [-0.15, -0.1) is 0 Å². The molecule has 1 aliphatic heterocycles. The van der Waals surface area contributed by atoms with Gasteiger partial charge in [0.05, 0.1) is 4.90 Å². The molecule has 0 spiro atoms. The number of nitrogens with one attached hydrogen (secondary N) is 1. The molecule has 2 heterocycles. The van der Waals surface area contributed by atoms with Crippen LogP contribution in [0.2, 0.25) is 5.02 Å². The van der Waals surface area contributed by atoms with Crippen molar-refractivity contribution in [2.24, 2.45) is 0 Å². The Morgan fingerprint density at radius 2 is 1.93 bits per heavy atom. The minimum Gasteiger partial charge on any atom is -0.355 e. The van der Waals surface area contributed by atoms with Gasteiger partial charge in [-0.05, 0) is 55.2 Å². The van der Waals surface area contributed by atoms with Gasteiger partial charge in [0, 0.05) is 24.3 Å². The van der Waals surface area contributed by atoms with E-state index in [0.717, 1.165) is 23.2 Å². The fourth-order valence-electron chi connectivity index (χ4n) is 2.98. The second-order valence-corrected chi connectivity index (χ2v) is 8.62. The van der Waals surface area contributed by atoms with Crippen molar-refractivity contribution in [2.45, 2.75) is 36.7 Å². The SMILES string of the molecule is O=C1NCCCCC1N(Cc1ccc(F)nc1)S(=O)(=O)c1ccc(Cl)cc1. The number of rotatable bonds is 5. The summed E-state index contributed by atoms with van der Waals surface area (Å²) >= 11 is 5.86. The lowest BCUT2D eigenvalue weighted by Crippen LogP contribution is -2.48. The zero-order chi connectivity index (χ0) is 19.4. The van der Waals surface area contributed by atoms with Crippen molar-refractivity contribution in [3.8, 4) is 0 Å². The molecule has 1 fully saturated rings. The van der Waals surface area contributed by atoms with Crippen LogP contribution in [-0.4, -0.2) is 36.2 Å². The number of carbonyl (C=O) groups excluding carboxylic acids is 1. The van der Waals surface area contributed by atoms with Gasteiger partial charge in [0.15, 0.2) is 0 Å². The van der Waals surface area contributed by atoms with Crippen molar-refractivity contribution in [1.82, 2.24) is 14.6 Å². The number of pyridine rings is 1. The minimum absolute atomic E-state index is 0.0408. The molecule has 1 aromatic carbocycles. The van der Waals surface area contributed by atoms with Crippen LogP contribution in [-0.2, 0) is 21.4 Å². The molecule has 0 aliphatic carbocycles. The molecule has 1 atom stereocenters. The van der Waals surface area contributed by atoms with Gasteiger partial charge in [0.25, 0.3) is 0 Å². The molecule has 1 unspecified atom stereocenters. The van der Waals surface area contributed by atoms with Crippen LogP contribution in [0.3, 0.4) is 0 Å². The molecule has 1 saturated heterocycles. The first-order valence-corrected chi connectivity index (χ1v) is 10.4. The molecule has 144 valence electrons. The van der Waals surface area contributed by atoms with E-state index in [0.29, 0.717) is 23.6 Å². The van der Waals surface area contributed by atoms with Crippen molar-refractivity contribution >= 4 is 27.5 Å². The highest BCUT2D eigenvalue weighted by Crippen LogP contribution is 2.25. The largest absolute Gasteiger partial charge is 0.355 e. The predicted octanol–water partition coefficient (Wildman–Crippen LogP) is 2.73. The van der Waals surface area contributed by atoms with Gasteiger partial charge in [0.2, 0.25) is 21.9 Å². The van der Waals surface area contributed by atoms with Gasteiger partial charge in [-0.2, -0.15) is 8.70 Å². The molecule has 1 aliphatic rings. The summed E-state index contributed by atoms with van der Waals surface area (Å²) in [5, 5.41) is 3.17. The van der Waals surface area contributed by atoms with Crippen molar-refractivity contribution in [2.75, 3.05) is 6.54 Å². The summed E-state index contributed by atoms with van der Waals surface area (Å²) in [6.07, 6.45) is 3.19. The molecular formula is C18H19ClFN3O3S. The first-order chi connectivity index (χ1) is 12.9. The van der Waals surface area contributed by atoms with Crippen molar-refractivity contribution in [3.05, 3.63) is 59.1 Å². The molecule has 1 aromatic heterocycles. The molecule has 9 heteroatoms. The van der Waals surface area contributed by atoms with Gasteiger partial charge >= 0.3 is 0 Å². The van der Waals surface area contributed by atoms with Gasteiger partial charge in [-0.25, -0.2) is 13.4 Å². The third kappa shape index (κ3) is 4.63. The number of halogens is 2. The van der Waals surface area contributed by atoms with Crippen LogP contribution in [0.15, 0.2) is 47.5 Å². The highest BCUT2D eigenvalue weighted by atomic mass is 35.5. The Morgan fingerprint density at radius 3 is 2.59 bits per heavy atom. The van der Waals surface area contributed by atoms with E-state index in [4.69, 9.17) is 11.6 Å². The number of nitrogens with zero attached hydrogens (tertiary/aromatic N) is 2. The number of carbonyl (C=O) groups is 1. The lowest BCUT2D eigenvalue weighted by Gasteiger charge is -2.29. The van der Waals surface area contributed by atoms with E-state index >= 15 is 0 Å². The van der Waals surface area contributed by atoms with Crippen molar-refractivity contribution in [3.63, 3.8) is 0 Å². The monoisotopic (exact) mass is 411 g/mol. The Balaban J connectivity index is 2.01. The summed E-state index contributed by atoms with van der Waals surface area (Å²) in [5.41, 5.74) is 0.492. The summed E-state index contributed by atoms with van der Waals surface area (Å²) in [5.74, 6) is -0.988. The van der Waals surface area contributed by atoms with E-state index in [1.165, 1.54) is 36.5 Å². The average Bonchev–Trinajstić information content (AvgIpc) is 2.86. The number of hydrogen-bond donors (Lipinski definition) is 1. The average molecular weight is 412 g/mol. The van der Waals surface area contributed by atoms with Gasteiger partial charge in [-0.1, -0.05) is 17.7 Å². The number of benzene rings is 1. The fourth-order valence-corrected chi connectivity index (χ4v) is 4.71. The summed E-state index contributed by atoms with van der Waals surface area (Å²) in [6.45, 7) is 0.429. The fraction of sp³-hybridized carbons (Fsp3) is 0.333. The van der Waals surface area contributed by atoms with Crippen molar-refractivity contribution in [1.29, 1.82) is 0 Å². The highest BCUT2D eigenvalue weighted by molar-refractivity contribution is 7.89. The molecule has 3 rings (SSSR count). The molecular weight excluding hydrogens is 393 g/mol. The van der Waals surface area contributed by atoms with Crippen LogP contribution in [0.1, 0.15) is 24.8 Å². The number of amides is 1. The first-order valence-electron chi connectivity index (χ1n) is 8.53. The normalized spacial score (nSPS) is 18.2.